The molecule has 3 rings (SSSR count). The number of hydrogen-bond donors (Lipinski definition) is 1. The number of aryl methyl sites for hydroxylation is 1. The molecular formula is C17H26N4O. The summed E-state index contributed by atoms with van der Waals surface area (Å²) in [5.74, 6) is 2.82. The average molecular weight is 302 g/mol. The summed E-state index contributed by atoms with van der Waals surface area (Å²) >= 11 is 0. The van der Waals surface area contributed by atoms with E-state index in [0.29, 0.717) is 5.92 Å². The first-order chi connectivity index (χ1) is 10.7. The van der Waals surface area contributed by atoms with Gasteiger partial charge in [0.05, 0.1) is 6.04 Å². The van der Waals surface area contributed by atoms with Crippen molar-refractivity contribution in [2.45, 2.75) is 52.0 Å². The molecule has 0 unspecified atom stereocenters. The average Bonchev–Trinajstić information content (AvgIpc) is 2.80. The van der Waals surface area contributed by atoms with E-state index in [-0.39, 0.29) is 17.9 Å². The van der Waals surface area contributed by atoms with Crippen LogP contribution in [0, 0.1) is 18.8 Å². The van der Waals surface area contributed by atoms with Crippen LogP contribution >= 0.6 is 0 Å². The highest BCUT2D eigenvalue weighted by Crippen LogP contribution is 2.29. The van der Waals surface area contributed by atoms with Gasteiger partial charge in [0.1, 0.15) is 11.6 Å². The molecule has 22 heavy (non-hydrogen) atoms. The molecule has 1 aliphatic carbocycles. The zero-order valence-corrected chi connectivity index (χ0v) is 13.6. The fraction of sp³-hybridized carbons (Fsp3) is 0.706. The SMILES string of the molecule is CCC[C@@H]1CN(c2ccnc(C)n2)C[C@H]1NC(=O)C1CCC1. The summed E-state index contributed by atoms with van der Waals surface area (Å²) in [7, 11) is 0. The van der Waals surface area contributed by atoms with E-state index in [2.05, 4.69) is 27.1 Å². The molecule has 1 N–H and O–H groups in total. The fourth-order valence-corrected chi connectivity index (χ4v) is 3.48. The Bertz CT molecular complexity index is 529. The molecule has 1 saturated carbocycles. The highest BCUT2D eigenvalue weighted by molar-refractivity contribution is 5.79. The van der Waals surface area contributed by atoms with Crippen molar-refractivity contribution in [3.05, 3.63) is 18.1 Å². The van der Waals surface area contributed by atoms with Crippen LogP contribution in [0.1, 0.15) is 44.9 Å². The minimum atomic E-state index is 0.253. The zero-order valence-electron chi connectivity index (χ0n) is 13.6. The molecule has 5 nitrogen and oxygen atoms in total. The van der Waals surface area contributed by atoms with Gasteiger partial charge in [-0.3, -0.25) is 4.79 Å². The van der Waals surface area contributed by atoms with Crippen molar-refractivity contribution in [2.75, 3.05) is 18.0 Å². The maximum Gasteiger partial charge on any atom is 0.223 e. The zero-order chi connectivity index (χ0) is 15.5. The molecule has 2 fully saturated rings. The standard InChI is InChI=1S/C17H26N4O/c1-3-5-14-10-21(16-8-9-18-12(2)19-16)11-15(14)20-17(22)13-6-4-7-13/h8-9,13-15H,3-7,10-11H2,1-2H3,(H,20,22)/t14-,15-/m1/s1. The smallest absolute Gasteiger partial charge is 0.223 e. The molecule has 1 aliphatic heterocycles. The van der Waals surface area contributed by atoms with Crippen molar-refractivity contribution in [2.24, 2.45) is 11.8 Å². The van der Waals surface area contributed by atoms with Crippen LogP contribution < -0.4 is 10.2 Å². The van der Waals surface area contributed by atoms with E-state index < -0.39 is 0 Å². The molecule has 2 heterocycles. The van der Waals surface area contributed by atoms with Crippen LogP contribution in [0.2, 0.25) is 0 Å². The molecule has 0 aromatic carbocycles. The second kappa shape index (κ2) is 6.63. The van der Waals surface area contributed by atoms with Gasteiger partial charge >= 0.3 is 0 Å². The van der Waals surface area contributed by atoms with E-state index in [1.165, 1.54) is 6.42 Å². The summed E-state index contributed by atoms with van der Waals surface area (Å²) in [6.45, 7) is 5.96. The summed E-state index contributed by atoms with van der Waals surface area (Å²) in [4.78, 5) is 23.3. The summed E-state index contributed by atoms with van der Waals surface area (Å²) in [6.07, 6.45) is 7.44. The fourth-order valence-electron chi connectivity index (χ4n) is 3.48. The van der Waals surface area contributed by atoms with Crippen LogP contribution in [-0.4, -0.2) is 35.0 Å². The van der Waals surface area contributed by atoms with Crippen LogP contribution in [0.25, 0.3) is 0 Å². The largest absolute Gasteiger partial charge is 0.354 e. The lowest BCUT2D eigenvalue weighted by Crippen LogP contribution is -2.45. The maximum absolute atomic E-state index is 12.3. The normalized spacial score (nSPS) is 25.1. The highest BCUT2D eigenvalue weighted by Gasteiger charge is 2.36. The second-order valence-electron chi connectivity index (χ2n) is 6.66. The topological polar surface area (TPSA) is 58.1 Å². The number of aromatic nitrogens is 2. The number of amides is 1. The van der Waals surface area contributed by atoms with E-state index in [1.54, 1.807) is 0 Å². The van der Waals surface area contributed by atoms with Gasteiger partial charge in [-0.1, -0.05) is 19.8 Å². The van der Waals surface area contributed by atoms with Gasteiger partial charge in [-0.05, 0) is 38.2 Å². The first-order valence-electron chi connectivity index (χ1n) is 8.52. The molecule has 1 aromatic rings. The molecule has 1 amide bonds. The number of carbonyl (C=O) groups is 1. The van der Waals surface area contributed by atoms with Crippen LogP contribution in [0.3, 0.4) is 0 Å². The first kappa shape index (κ1) is 15.3. The van der Waals surface area contributed by atoms with Gasteiger partial charge in [0.25, 0.3) is 0 Å². The lowest BCUT2D eigenvalue weighted by Gasteiger charge is -2.27. The summed E-state index contributed by atoms with van der Waals surface area (Å²) < 4.78 is 0. The number of carbonyl (C=O) groups excluding carboxylic acids is 1. The predicted octanol–water partition coefficient (Wildman–Crippen LogP) is 2.31. The van der Waals surface area contributed by atoms with Gasteiger partial charge < -0.3 is 10.2 Å². The Balaban J connectivity index is 1.67. The van der Waals surface area contributed by atoms with Gasteiger partial charge in [0.15, 0.2) is 0 Å². The Morgan fingerprint density at radius 2 is 2.23 bits per heavy atom. The lowest BCUT2D eigenvalue weighted by atomic mass is 9.84. The molecular weight excluding hydrogens is 276 g/mol. The van der Waals surface area contributed by atoms with Crippen molar-refractivity contribution in [1.82, 2.24) is 15.3 Å². The quantitative estimate of drug-likeness (QED) is 0.907. The maximum atomic E-state index is 12.3. The third kappa shape index (κ3) is 3.23. The van der Waals surface area contributed by atoms with E-state index in [9.17, 15) is 4.79 Å². The molecule has 5 heteroatoms. The van der Waals surface area contributed by atoms with Crippen LogP contribution in [0.5, 0.6) is 0 Å². The Morgan fingerprint density at radius 3 is 2.86 bits per heavy atom. The molecule has 1 aromatic heterocycles. The van der Waals surface area contributed by atoms with Gasteiger partial charge in [0.2, 0.25) is 5.91 Å². The van der Waals surface area contributed by atoms with Gasteiger partial charge in [-0.2, -0.15) is 0 Å². The third-order valence-electron chi connectivity index (χ3n) is 4.99. The van der Waals surface area contributed by atoms with Crippen molar-refractivity contribution in [1.29, 1.82) is 0 Å². The molecule has 0 bridgehead atoms. The number of nitrogens with one attached hydrogen (secondary N) is 1. The van der Waals surface area contributed by atoms with Crippen molar-refractivity contribution in [3.8, 4) is 0 Å². The first-order valence-corrected chi connectivity index (χ1v) is 8.52. The van der Waals surface area contributed by atoms with Crippen molar-refractivity contribution < 1.29 is 4.79 Å². The number of nitrogens with zero attached hydrogens (tertiary/aromatic N) is 3. The predicted molar refractivity (Wildman–Crippen MR) is 86.7 cm³/mol. The molecule has 1 saturated heterocycles. The Morgan fingerprint density at radius 1 is 1.41 bits per heavy atom. The van der Waals surface area contributed by atoms with Gasteiger partial charge in [-0.25, -0.2) is 9.97 Å². The summed E-state index contributed by atoms with van der Waals surface area (Å²) in [5, 5.41) is 3.31. The van der Waals surface area contributed by atoms with Crippen LogP contribution in [-0.2, 0) is 4.79 Å². The van der Waals surface area contributed by atoms with E-state index in [4.69, 9.17) is 0 Å². The van der Waals surface area contributed by atoms with E-state index in [1.807, 2.05) is 19.2 Å². The molecule has 2 aliphatic rings. The Kier molecular flexibility index (Phi) is 4.60. The minimum Gasteiger partial charge on any atom is -0.354 e. The summed E-state index contributed by atoms with van der Waals surface area (Å²) in [6, 6.07) is 2.22. The molecule has 0 spiro atoms. The number of hydrogen-bond acceptors (Lipinski definition) is 4. The Labute approximate surface area is 132 Å². The molecule has 2 atom stereocenters. The monoisotopic (exact) mass is 302 g/mol. The second-order valence-corrected chi connectivity index (χ2v) is 6.66. The highest BCUT2D eigenvalue weighted by atomic mass is 16.2. The lowest BCUT2D eigenvalue weighted by molar-refractivity contribution is -0.128. The van der Waals surface area contributed by atoms with Crippen molar-refractivity contribution >= 4 is 11.7 Å². The summed E-state index contributed by atoms with van der Waals surface area (Å²) in [5.41, 5.74) is 0. The van der Waals surface area contributed by atoms with E-state index in [0.717, 1.165) is 50.4 Å². The van der Waals surface area contributed by atoms with Crippen LogP contribution in [0.15, 0.2) is 12.3 Å². The van der Waals surface area contributed by atoms with Gasteiger partial charge in [-0.15, -0.1) is 0 Å². The van der Waals surface area contributed by atoms with Crippen molar-refractivity contribution in [3.63, 3.8) is 0 Å². The molecule has 0 radical (unpaired) electrons. The minimum absolute atomic E-state index is 0.253. The number of rotatable bonds is 5. The Hall–Kier alpha value is -1.65. The van der Waals surface area contributed by atoms with Crippen LogP contribution in [0.4, 0.5) is 5.82 Å². The molecule has 120 valence electrons. The third-order valence-corrected chi connectivity index (χ3v) is 4.99. The van der Waals surface area contributed by atoms with E-state index >= 15 is 0 Å². The number of anilines is 1. The van der Waals surface area contributed by atoms with Gasteiger partial charge in [0, 0.05) is 25.2 Å².